The van der Waals surface area contributed by atoms with Crippen molar-refractivity contribution in [1.82, 2.24) is 19.9 Å². The Balaban J connectivity index is 2.07. The molecule has 2 aromatic rings. The highest BCUT2D eigenvalue weighted by Crippen LogP contribution is 2.06. The summed E-state index contributed by atoms with van der Waals surface area (Å²) in [5.41, 5.74) is 0.239. The van der Waals surface area contributed by atoms with Crippen LogP contribution in [-0.4, -0.2) is 49.3 Å². The Hall–Kier alpha value is -2.74. The second kappa shape index (κ2) is 6.62. The number of nitrogens with one attached hydrogen (secondary N) is 1. The number of amides is 1. The molecule has 110 valence electrons. The van der Waals surface area contributed by atoms with Gasteiger partial charge >= 0.3 is 5.97 Å². The molecule has 8 nitrogen and oxygen atoms in total. The van der Waals surface area contributed by atoms with E-state index < -0.39 is 17.9 Å². The Labute approximate surface area is 120 Å². The van der Waals surface area contributed by atoms with Gasteiger partial charge in [-0.15, -0.1) is 0 Å². The van der Waals surface area contributed by atoms with E-state index in [-0.39, 0.29) is 18.6 Å². The number of rotatable bonds is 6. The maximum atomic E-state index is 11.9. The molecule has 21 heavy (non-hydrogen) atoms. The molecule has 0 aliphatic heterocycles. The second-order valence-corrected chi connectivity index (χ2v) is 4.25. The molecule has 0 aliphatic carbocycles. The molecule has 0 fully saturated rings. The Morgan fingerprint density at radius 3 is 2.71 bits per heavy atom. The topological polar surface area (TPSA) is 117 Å². The number of aromatic nitrogens is 3. The monoisotopic (exact) mass is 290 g/mol. The largest absolute Gasteiger partial charge is 0.480 e. The number of carboxylic acids is 1. The molecule has 0 bridgehead atoms. The van der Waals surface area contributed by atoms with Gasteiger partial charge in [0.25, 0.3) is 5.91 Å². The van der Waals surface area contributed by atoms with Crippen LogP contribution in [0.5, 0.6) is 0 Å². The van der Waals surface area contributed by atoms with E-state index in [0.717, 1.165) is 0 Å². The van der Waals surface area contributed by atoms with Gasteiger partial charge < -0.3 is 15.5 Å². The molecule has 2 rings (SSSR count). The molecule has 0 saturated carbocycles. The zero-order valence-corrected chi connectivity index (χ0v) is 11.0. The number of carbonyl (C=O) groups is 2. The lowest BCUT2D eigenvalue weighted by Crippen LogP contribution is -2.41. The molecule has 1 atom stereocenters. The number of pyridine rings is 1. The molecule has 2 aromatic heterocycles. The maximum absolute atomic E-state index is 11.9. The van der Waals surface area contributed by atoms with Crippen LogP contribution in [0.3, 0.4) is 0 Å². The molecule has 0 aromatic carbocycles. The van der Waals surface area contributed by atoms with E-state index in [1.165, 1.54) is 12.3 Å². The standard InChI is InChI=1S/C13H14N4O4/c18-6-3-10(13(20)21)16-12(19)9-1-2-11(15-7-9)17-5-4-14-8-17/h1-2,4-5,7-8,10,18H,3,6H2,(H,16,19)(H,20,21)/t10-/m1/s1. The van der Waals surface area contributed by atoms with Gasteiger partial charge in [0.05, 0.1) is 5.56 Å². The second-order valence-electron chi connectivity index (χ2n) is 4.25. The van der Waals surface area contributed by atoms with Gasteiger partial charge in [-0.1, -0.05) is 0 Å². The lowest BCUT2D eigenvalue weighted by atomic mass is 10.2. The van der Waals surface area contributed by atoms with Crippen LogP contribution in [0.1, 0.15) is 16.8 Å². The summed E-state index contributed by atoms with van der Waals surface area (Å²) in [4.78, 5) is 30.8. The third-order valence-electron chi connectivity index (χ3n) is 2.80. The lowest BCUT2D eigenvalue weighted by Gasteiger charge is -2.13. The van der Waals surface area contributed by atoms with Gasteiger partial charge in [0.1, 0.15) is 18.2 Å². The van der Waals surface area contributed by atoms with Crippen LogP contribution in [0.25, 0.3) is 5.82 Å². The molecule has 0 aliphatic rings. The minimum atomic E-state index is -1.19. The fourth-order valence-electron chi connectivity index (χ4n) is 1.70. The van der Waals surface area contributed by atoms with Crippen LogP contribution < -0.4 is 5.32 Å². The van der Waals surface area contributed by atoms with Crippen LogP contribution in [0.2, 0.25) is 0 Å². The minimum Gasteiger partial charge on any atom is -0.480 e. The molecule has 0 unspecified atom stereocenters. The third kappa shape index (κ3) is 3.63. The average Bonchev–Trinajstić information content (AvgIpc) is 3.01. The van der Waals surface area contributed by atoms with Crippen molar-refractivity contribution in [1.29, 1.82) is 0 Å². The van der Waals surface area contributed by atoms with Crippen LogP contribution in [0, 0.1) is 0 Å². The third-order valence-corrected chi connectivity index (χ3v) is 2.80. The van der Waals surface area contributed by atoms with E-state index in [2.05, 4.69) is 15.3 Å². The lowest BCUT2D eigenvalue weighted by molar-refractivity contribution is -0.139. The fourth-order valence-corrected chi connectivity index (χ4v) is 1.70. The molecule has 0 spiro atoms. The van der Waals surface area contributed by atoms with E-state index in [9.17, 15) is 9.59 Å². The van der Waals surface area contributed by atoms with E-state index in [1.54, 1.807) is 29.4 Å². The summed E-state index contributed by atoms with van der Waals surface area (Å²) in [5, 5.41) is 20.0. The molecule has 0 radical (unpaired) electrons. The smallest absolute Gasteiger partial charge is 0.326 e. The van der Waals surface area contributed by atoms with Crippen LogP contribution in [0.15, 0.2) is 37.1 Å². The van der Waals surface area contributed by atoms with E-state index in [1.807, 2.05) is 0 Å². The van der Waals surface area contributed by atoms with Crippen molar-refractivity contribution in [2.45, 2.75) is 12.5 Å². The normalized spacial score (nSPS) is 11.9. The molecule has 1 amide bonds. The van der Waals surface area contributed by atoms with Gasteiger partial charge in [-0.3, -0.25) is 9.36 Å². The number of hydrogen-bond acceptors (Lipinski definition) is 5. The summed E-state index contributed by atoms with van der Waals surface area (Å²) >= 11 is 0. The molecular formula is C13H14N4O4. The molecular weight excluding hydrogens is 276 g/mol. The van der Waals surface area contributed by atoms with Gasteiger partial charge in [0.15, 0.2) is 0 Å². The number of aliphatic hydroxyl groups is 1. The summed E-state index contributed by atoms with van der Waals surface area (Å²) < 4.78 is 1.67. The van der Waals surface area contributed by atoms with Gasteiger partial charge in [0.2, 0.25) is 0 Å². The predicted octanol–water partition coefficient (Wildman–Crippen LogP) is -0.167. The number of imidazole rings is 1. The van der Waals surface area contributed by atoms with Crippen molar-refractivity contribution < 1.29 is 19.8 Å². The minimum absolute atomic E-state index is 0.0539. The SMILES string of the molecule is O=C(N[C@H](CCO)C(=O)O)c1ccc(-n2ccnc2)nc1. The van der Waals surface area contributed by atoms with Crippen LogP contribution >= 0.6 is 0 Å². The first-order valence-electron chi connectivity index (χ1n) is 6.20. The van der Waals surface area contributed by atoms with Gasteiger partial charge in [-0.2, -0.15) is 0 Å². The maximum Gasteiger partial charge on any atom is 0.326 e. The highest BCUT2D eigenvalue weighted by atomic mass is 16.4. The van der Waals surface area contributed by atoms with E-state index >= 15 is 0 Å². The molecule has 0 saturated heterocycles. The zero-order chi connectivity index (χ0) is 15.2. The van der Waals surface area contributed by atoms with Crippen molar-refractivity contribution in [3.05, 3.63) is 42.6 Å². The average molecular weight is 290 g/mol. The van der Waals surface area contributed by atoms with Crippen molar-refractivity contribution in [2.75, 3.05) is 6.61 Å². The predicted molar refractivity (Wildman–Crippen MR) is 72.0 cm³/mol. The van der Waals surface area contributed by atoms with Crippen LogP contribution in [0.4, 0.5) is 0 Å². The first-order valence-corrected chi connectivity index (χ1v) is 6.20. The van der Waals surface area contributed by atoms with E-state index in [0.29, 0.717) is 5.82 Å². The van der Waals surface area contributed by atoms with Crippen molar-refractivity contribution in [3.63, 3.8) is 0 Å². The van der Waals surface area contributed by atoms with Gasteiger partial charge in [-0.25, -0.2) is 14.8 Å². The number of hydrogen-bond donors (Lipinski definition) is 3. The Kier molecular flexibility index (Phi) is 4.62. The summed E-state index contributed by atoms with van der Waals surface area (Å²) in [6.07, 6.45) is 6.19. The van der Waals surface area contributed by atoms with Crippen molar-refractivity contribution >= 4 is 11.9 Å². The highest BCUT2D eigenvalue weighted by molar-refractivity contribution is 5.96. The van der Waals surface area contributed by atoms with Crippen molar-refractivity contribution in [2.24, 2.45) is 0 Å². The molecule has 8 heteroatoms. The fraction of sp³-hybridized carbons (Fsp3) is 0.231. The van der Waals surface area contributed by atoms with E-state index in [4.69, 9.17) is 10.2 Å². The van der Waals surface area contributed by atoms with Gasteiger partial charge in [-0.05, 0) is 12.1 Å². The highest BCUT2D eigenvalue weighted by Gasteiger charge is 2.20. The summed E-state index contributed by atoms with van der Waals surface area (Å²) in [7, 11) is 0. The summed E-state index contributed by atoms with van der Waals surface area (Å²) in [5.74, 6) is -1.16. The number of aliphatic hydroxyl groups excluding tert-OH is 1. The quantitative estimate of drug-likeness (QED) is 0.680. The summed E-state index contributed by atoms with van der Waals surface area (Å²) in [6.45, 7) is -0.324. The number of nitrogens with zero attached hydrogens (tertiary/aromatic N) is 3. The van der Waals surface area contributed by atoms with Crippen molar-refractivity contribution in [3.8, 4) is 5.82 Å². The molecule has 2 heterocycles. The first kappa shape index (κ1) is 14.7. The molecule has 3 N–H and O–H groups in total. The number of carboxylic acid groups (broad SMARTS) is 1. The van der Waals surface area contributed by atoms with Gasteiger partial charge in [0, 0.05) is 31.6 Å². The number of aliphatic carboxylic acids is 1. The Bertz CT molecular complexity index is 610. The van der Waals surface area contributed by atoms with Crippen LogP contribution in [-0.2, 0) is 4.79 Å². The first-order chi connectivity index (χ1) is 10.1. The zero-order valence-electron chi connectivity index (χ0n) is 11.0. The summed E-state index contributed by atoms with van der Waals surface area (Å²) in [6, 6.07) is 2.03. The Morgan fingerprint density at radius 1 is 1.38 bits per heavy atom. The Morgan fingerprint density at radius 2 is 2.19 bits per heavy atom. The number of carbonyl (C=O) groups excluding carboxylic acids is 1.